The van der Waals surface area contributed by atoms with E-state index in [0.29, 0.717) is 5.56 Å². The molecule has 1 aromatic carbocycles. The minimum absolute atomic E-state index is 0.0510. The maximum Gasteiger partial charge on any atom is 0.339 e. The molecule has 90 valence electrons. The highest BCUT2D eigenvalue weighted by atomic mass is 16.5. The normalized spacial score (nSPS) is 10.4. The molecule has 0 heterocycles. The van der Waals surface area contributed by atoms with Crippen LogP contribution in [0.4, 0.5) is 0 Å². The second-order valence-corrected chi connectivity index (χ2v) is 4.03. The number of hydrogen-bond acceptors (Lipinski definition) is 3. The molecule has 17 heavy (non-hydrogen) atoms. The van der Waals surface area contributed by atoms with Crippen molar-refractivity contribution in [3.05, 3.63) is 29.3 Å². The second-order valence-electron chi connectivity index (χ2n) is 4.03. The molecule has 0 saturated carbocycles. The summed E-state index contributed by atoms with van der Waals surface area (Å²) in [4.78, 5) is 11.0. The molecule has 0 aliphatic heterocycles. The van der Waals surface area contributed by atoms with E-state index in [4.69, 9.17) is 9.84 Å². The summed E-state index contributed by atoms with van der Waals surface area (Å²) in [6.45, 7) is 3.11. The van der Waals surface area contributed by atoms with Gasteiger partial charge in [-0.25, -0.2) is 4.79 Å². The summed E-state index contributed by atoms with van der Waals surface area (Å²) < 4.78 is 4.93. The van der Waals surface area contributed by atoms with Crippen molar-refractivity contribution in [2.75, 3.05) is 7.11 Å². The molecule has 0 bridgehead atoms. The summed E-state index contributed by atoms with van der Waals surface area (Å²) in [7, 11) is 1.41. The van der Waals surface area contributed by atoms with Crippen LogP contribution in [0.25, 0.3) is 0 Å². The van der Waals surface area contributed by atoms with Crippen molar-refractivity contribution in [3.63, 3.8) is 0 Å². The lowest BCUT2D eigenvalue weighted by atomic mass is 10.1. The first-order chi connectivity index (χ1) is 7.83. The number of carbonyl (C=O) groups is 1. The third-order valence-electron chi connectivity index (χ3n) is 1.94. The Kier molecular flexibility index (Phi) is 3.77. The lowest BCUT2D eigenvalue weighted by Gasteiger charge is -2.07. The Bertz CT molecular complexity index is 486. The van der Waals surface area contributed by atoms with Crippen molar-refractivity contribution in [3.8, 4) is 17.6 Å². The first kappa shape index (κ1) is 13.1. The molecule has 0 unspecified atom stereocenters. The summed E-state index contributed by atoms with van der Waals surface area (Å²) in [6, 6.07) is 4.60. The van der Waals surface area contributed by atoms with E-state index in [1.54, 1.807) is 19.9 Å². The second kappa shape index (κ2) is 4.89. The number of rotatable bonds is 2. The van der Waals surface area contributed by atoms with Crippen molar-refractivity contribution in [2.24, 2.45) is 0 Å². The maximum atomic E-state index is 11.0. The van der Waals surface area contributed by atoms with Crippen molar-refractivity contribution < 1.29 is 19.7 Å². The number of aromatic carboxylic acids is 1. The van der Waals surface area contributed by atoms with E-state index >= 15 is 0 Å². The van der Waals surface area contributed by atoms with Gasteiger partial charge in [0.25, 0.3) is 0 Å². The minimum Gasteiger partial charge on any atom is -0.496 e. The van der Waals surface area contributed by atoms with Gasteiger partial charge in [0.05, 0.1) is 7.11 Å². The summed E-state index contributed by atoms with van der Waals surface area (Å²) in [5, 5.41) is 18.4. The van der Waals surface area contributed by atoms with E-state index < -0.39 is 11.6 Å². The molecule has 0 amide bonds. The number of aliphatic hydroxyl groups is 1. The summed E-state index contributed by atoms with van der Waals surface area (Å²) >= 11 is 0. The molecule has 2 N–H and O–H groups in total. The summed E-state index contributed by atoms with van der Waals surface area (Å²) in [5.41, 5.74) is -0.538. The van der Waals surface area contributed by atoms with Crippen molar-refractivity contribution >= 4 is 5.97 Å². The topological polar surface area (TPSA) is 66.8 Å². The monoisotopic (exact) mass is 234 g/mol. The first-order valence-corrected chi connectivity index (χ1v) is 5.00. The zero-order valence-corrected chi connectivity index (χ0v) is 9.94. The molecule has 4 heteroatoms. The van der Waals surface area contributed by atoms with E-state index in [0.717, 1.165) is 0 Å². The molecule has 0 aliphatic carbocycles. The average molecular weight is 234 g/mol. The minimum atomic E-state index is -1.11. The quantitative estimate of drug-likeness (QED) is 0.761. The van der Waals surface area contributed by atoms with Crippen LogP contribution in [-0.2, 0) is 0 Å². The zero-order valence-electron chi connectivity index (χ0n) is 9.94. The number of hydrogen-bond donors (Lipinski definition) is 2. The van der Waals surface area contributed by atoms with Crippen LogP contribution in [0.3, 0.4) is 0 Å². The molecule has 1 rings (SSSR count). The molecule has 0 atom stereocenters. The van der Waals surface area contributed by atoms with Gasteiger partial charge in [-0.05, 0) is 32.0 Å². The molecule has 0 aromatic heterocycles. The molecular formula is C13H14O4. The van der Waals surface area contributed by atoms with Gasteiger partial charge in [-0.15, -0.1) is 0 Å². The third kappa shape index (κ3) is 3.82. The molecule has 0 aliphatic rings. The third-order valence-corrected chi connectivity index (χ3v) is 1.94. The molecular weight excluding hydrogens is 220 g/mol. The van der Waals surface area contributed by atoms with Crippen molar-refractivity contribution in [1.82, 2.24) is 0 Å². The molecule has 0 radical (unpaired) electrons. The fourth-order valence-corrected chi connectivity index (χ4v) is 1.18. The van der Waals surface area contributed by atoms with Crippen LogP contribution in [0, 0.1) is 11.8 Å². The van der Waals surface area contributed by atoms with Crippen LogP contribution in [0.2, 0.25) is 0 Å². The van der Waals surface area contributed by atoms with Gasteiger partial charge in [0.15, 0.2) is 0 Å². The van der Waals surface area contributed by atoms with Crippen molar-refractivity contribution in [1.29, 1.82) is 0 Å². The smallest absolute Gasteiger partial charge is 0.339 e. The molecule has 0 fully saturated rings. The highest BCUT2D eigenvalue weighted by Crippen LogP contribution is 2.19. The summed E-state index contributed by atoms with van der Waals surface area (Å²) in [5.74, 6) is 4.53. The van der Waals surface area contributed by atoms with E-state index in [2.05, 4.69) is 11.8 Å². The van der Waals surface area contributed by atoms with Gasteiger partial charge in [-0.1, -0.05) is 11.8 Å². The summed E-state index contributed by atoms with van der Waals surface area (Å²) in [6.07, 6.45) is 0. The standard InChI is InChI=1S/C13H14O4/c1-13(2,16)7-6-9-4-5-11(17-3)10(8-9)12(14)15/h4-5,8,16H,1-3H3,(H,14,15). The lowest BCUT2D eigenvalue weighted by molar-refractivity contribution is 0.0693. The zero-order chi connectivity index (χ0) is 13.1. The first-order valence-electron chi connectivity index (χ1n) is 5.00. The number of carboxylic acid groups (broad SMARTS) is 1. The van der Waals surface area contributed by atoms with Crippen LogP contribution in [0.15, 0.2) is 18.2 Å². The fourth-order valence-electron chi connectivity index (χ4n) is 1.18. The van der Waals surface area contributed by atoms with Crippen LogP contribution >= 0.6 is 0 Å². The highest BCUT2D eigenvalue weighted by molar-refractivity contribution is 5.91. The number of methoxy groups -OCH3 is 1. The van der Waals surface area contributed by atoms with Gasteiger partial charge >= 0.3 is 5.97 Å². The Labute approximate surface area is 99.8 Å². The highest BCUT2D eigenvalue weighted by Gasteiger charge is 2.11. The Morgan fingerprint density at radius 3 is 2.53 bits per heavy atom. The molecule has 0 spiro atoms. The predicted octanol–water partition coefficient (Wildman–Crippen LogP) is 1.52. The number of benzene rings is 1. The fraction of sp³-hybridized carbons (Fsp3) is 0.308. The van der Waals surface area contributed by atoms with E-state index in [1.165, 1.54) is 19.2 Å². The van der Waals surface area contributed by atoms with E-state index in [1.807, 2.05) is 0 Å². The van der Waals surface area contributed by atoms with E-state index in [-0.39, 0.29) is 11.3 Å². The molecule has 1 aromatic rings. The van der Waals surface area contributed by atoms with Crippen LogP contribution in [0.5, 0.6) is 5.75 Å². The van der Waals surface area contributed by atoms with Gasteiger partial charge in [-0.3, -0.25) is 0 Å². The van der Waals surface area contributed by atoms with Gasteiger partial charge in [0.2, 0.25) is 0 Å². The number of carboxylic acids is 1. The van der Waals surface area contributed by atoms with Crippen LogP contribution < -0.4 is 4.74 Å². The average Bonchev–Trinajstić information content (AvgIpc) is 2.25. The Morgan fingerprint density at radius 2 is 2.06 bits per heavy atom. The SMILES string of the molecule is COc1ccc(C#CC(C)(C)O)cc1C(=O)O. The van der Waals surface area contributed by atoms with Crippen molar-refractivity contribution in [2.45, 2.75) is 19.4 Å². The van der Waals surface area contributed by atoms with Crippen LogP contribution in [-0.4, -0.2) is 28.9 Å². The Morgan fingerprint density at radius 1 is 1.41 bits per heavy atom. The molecule has 4 nitrogen and oxygen atoms in total. The van der Waals surface area contributed by atoms with Crippen LogP contribution in [0.1, 0.15) is 29.8 Å². The van der Waals surface area contributed by atoms with Gasteiger partial charge in [0, 0.05) is 5.56 Å². The number of ether oxygens (including phenoxy) is 1. The predicted molar refractivity (Wildman–Crippen MR) is 63.1 cm³/mol. The van der Waals surface area contributed by atoms with Gasteiger partial charge in [0.1, 0.15) is 16.9 Å². The van der Waals surface area contributed by atoms with Gasteiger partial charge < -0.3 is 14.9 Å². The maximum absolute atomic E-state index is 11.0. The lowest BCUT2D eigenvalue weighted by Crippen LogP contribution is -2.14. The van der Waals surface area contributed by atoms with E-state index in [9.17, 15) is 9.90 Å². The van der Waals surface area contributed by atoms with Gasteiger partial charge in [-0.2, -0.15) is 0 Å². The largest absolute Gasteiger partial charge is 0.496 e. The Balaban J connectivity index is 3.16. The molecule has 0 saturated heterocycles. The Hall–Kier alpha value is -1.99.